The van der Waals surface area contributed by atoms with E-state index in [1.54, 1.807) is 30.3 Å². The summed E-state index contributed by atoms with van der Waals surface area (Å²) < 4.78 is 27.8. The summed E-state index contributed by atoms with van der Waals surface area (Å²) in [6.07, 6.45) is 2.09. The van der Waals surface area contributed by atoms with Crippen LogP contribution in [0.1, 0.15) is 5.56 Å². The number of halogens is 1. The maximum atomic E-state index is 13.2. The minimum atomic E-state index is -3.79. The molecule has 0 amide bonds. The topological polar surface area (TPSA) is 70.2 Å². The van der Waals surface area contributed by atoms with Crippen LogP contribution in [0.4, 0.5) is 5.69 Å². The van der Waals surface area contributed by atoms with Gasteiger partial charge in [-0.05, 0) is 42.3 Å². The highest BCUT2D eigenvalue weighted by molar-refractivity contribution is 7.93. The van der Waals surface area contributed by atoms with Crippen LogP contribution in [0.15, 0.2) is 58.4 Å². The third-order valence-corrected chi connectivity index (χ3v) is 6.35. The van der Waals surface area contributed by atoms with Gasteiger partial charge in [0.1, 0.15) is 0 Å². The number of rotatable bonds is 2. The predicted octanol–water partition coefficient (Wildman–Crippen LogP) is 2.93. The van der Waals surface area contributed by atoms with Gasteiger partial charge < -0.3 is 4.98 Å². The maximum absolute atomic E-state index is 13.2. The smallest absolute Gasteiger partial charge is 0.264 e. The molecule has 4 rings (SSSR count). The number of nitrogens with one attached hydrogen (secondary N) is 1. The third-order valence-electron chi connectivity index (χ3n) is 4.24. The first-order valence-corrected chi connectivity index (χ1v) is 9.22. The van der Waals surface area contributed by atoms with Crippen molar-refractivity contribution in [2.75, 3.05) is 10.8 Å². The lowest BCUT2D eigenvalue weighted by atomic mass is 10.2. The van der Waals surface area contributed by atoms with E-state index in [2.05, 4.69) is 4.98 Å². The van der Waals surface area contributed by atoms with E-state index in [0.717, 1.165) is 5.56 Å². The first-order chi connectivity index (χ1) is 11.5. The molecule has 0 radical (unpaired) electrons. The molecule has 1 aliphatic rings. The van der Waals surface area contributed by atoms with Crippen molar-refractivity contribution >= 4 is 38.1 Å². The molecular formula is C17H13ClN2O3S. The van der Waals surface area contributed by atoms with Crippen molar-refractivity contribution in [3.63, 3.8) is 0 Å². The van der Waals surface area contributed by atoms with Crippen molar-refractivity contribution < 1.29 is 8.42 Å². The van der Waals surface area contributed by atoms with E-state index in [4.69, 9.17) is 11.6 Å². The molecule has 0 saturated heterocycles. The Labute approximate surface area is 143 Å². The zero-order valence-corrected chi connectivity index (χ0v) is 14.1. The van der Waals surface area contributed by atoms with Gasteiger partial charge in [-0.25, -0.2) is 8.42 Å². The summed E-state index contributed by atoms with van der Waals surface area (Å²) >= 11 is 6.03. The number of pyridine rings is 1. The fraction of sp³-hybridized carbons (Fsp3) is 0.118. The van der Waals surface area contributed by atoms with E-state index < -0.39 is 10.0 Å². The van der Waals surface area contributed by atoms with Gasteiger partial charge >= 0.3 is 0 Å². The molecule has 0 unspecified atom stereocenters. The second-order valence-corrected chi connectivity index (χ2v) is 7.89. The average Bonchev–Trinajstić information content (AvgIpc) is 2.98. The molecule has 0 atom stereocenters. The minimum Gasteiger partial charge on any atom is -0.329 e. The highest BCUT2D eigenvalue weighted by Crippen LogP contribution is 2.36. The summed E-state index contributed by atoms with van der Waals surface area (Å²) in [5, 5.41) is 1.26. The van der Waals surface area contributed by atoms with E-state index >= 15 is 0 Å². The molecule has 2 aromatic carbocycles. The van der Waals surface area contributed by atoms with E-state index in [-0.39, 0.29) is 10.5 Å². The Morgan fingerprint density at radius 1 is 1.08 bits per heavy atom. The predicted molar refractivity (Wildman–Crippen MR) is 94.3 cm³/mol. The van der Waals surface area contributed by atoms with Crippen molar-refractivity contribution in [3.05, 3.63) is 69.6 Å². The zero-order valence-electron chi connectivity index (χ0n) is 12.5. The molecule has 1 aromatic heterocycles. The summed E-state index contributed by atoms with van der Waals surface area (Å²) in [4.78, 5) is 14.6. The fourth-order valence-corrected chi connectivity index (χ4v) is 4.98. The summed E-state index contributed by atoms with van der Waals surface area (Å²) in [5.41, 5.74) is 1.24. The molecule has 1 N–H and O–H groups in total. The number of nitrogens with zero attached hydrogens (tertiary/aromatic N) is 1. The number of sulfonamides is 1. The van der Waals surface area contributed by atoms with Crippen LogP contribution in [0, 0.1) is 0 Å². The van der Waals surface area contributed by atoms with Crippen molar-refractivity contribution in [2.24, 2.45) is 0 Å². The lowest BCUT2D eigenvalue weighted by Crippen LogP contribution is -2.29. The number of benzene rings is 2. The Kier molecular flexibility index (Phi) is 3.40. The summed E-state index contributed by atoms with van der Waals surface area (Å²) in [7, 11) is -3.79. The van der Waals surface area contributed by atoms with Gasteiger partial charge in [-0.15, -0.1) is 0 Å². The first kappa shape index (κ1) is 15.2. The SMILES string of the molecule is O=c1[nH]ccc2c(S(=O)(=O)N3CCc4ccc(Cl)cc43)cccc12. The van der Waals surface area contributed by atoms with Gasteiger partial charge in [0, 0.05) is 28.5 Å². The molecule has 2 heterocycles. The number of aromatic amines is 1. The number of aromatic nitrogens is 1. The van der Waals surface area contributed by atoms with Crippen molar-refractivity contribution in [1.29, 1.82) is 0 Å². The Morgan fingerprint density at radius 3 is 2.75 bits per heavy atom. The van der Waals surface area contributed by atoms with Crippen LogP contribution in [0.25, 0.3) is 10.8 Å². The number of anilines is 1. The standard InChI is InChI=1S/C17H13ClN2O3S/c18-12-5-4-11-7-9-20(15(11)10-12)24(22,23)16-3-1-2-14-13(16)6-8-19-17(14)21/h1-6,8,10H,7,9H2,(H,19,21). The van der Waals surface area contributed by atoms with Crippen LogP contribution in [-0.4, -0.2) is 19.9 Å². The van der Waals surface area contributed by atoms with Crippen LogP contribution in [0.5, 0.6) is 0 Å². The molecule has 0 bridgehead atoms. The Balaban J connectivity index is 1.94. The lowest BCUT2D eigenvalue weighted by Gasteiger charge is -2.20. The van der Waals surface area contributed by atoms with Gasteiger partial charge in [0.25, 0.3) is 15.6 Å². The van der Waals surface area contributed by atoms with Crippen LogP contribution < -0.4 is 9.86 Å². The summed E-state index contributed by atoms with van der Waals surface area (Å²) in [5.74, 6) is 0. The van der Waals surface area contributed by atoms with Crippen LogP contribution in [0.2, 0.25) is 5.02 Å². The number of hydrogen-bond donors (Lipinski definition) is 1. The van der Waals surface area contributed by atoms with Crippen LogP contribution >= 0.6 is 11.6 Å². The van der Waals surface area contributed by atoms with Crippen LogP contribution in [0.3, 0.4) is 0 Å². The van der Waals surface area contributed by atoms with Gasteiger partial charge in [-0.3, -0.25) is 9.10 Å². The Morgan fingerprint density at radius 2 is 1.92 bits per heavy atom. The molecule has 1 aliphatic heterocycles. The molecule has 24 heavy (non-hydrogen) atoms. The molecule has 0 aliphatic carbocycles. The maximum Gasteiger partial charge on any atom is 0.264 e. The molecule has 5 nitrogen and oxygen atoms in total. The first-order valence-electron chi connectivity index (χ1n) is 7.40. The Hall–Kier alpha value is -2.31. The average molecular weight is 361 g/mol. The van der Waals surface area contributed by atoms with Gasteiger partial charge in [-0.1, -0.05) is 23.7 Å². The fourth-order valence-electron chi connectivity index (χ4n) is 3.11. The van der Waals surface area contributed by atoms with Gasteiger partial charge in [-0.2, -0.15) is 0 Å². The van der Waals surface area contributed by atoms with Crippen LogP contribution in [-0.2, 0) is 16.4 Å². The third kappa shape index (κ3) is 2.22. The number of fused-ring (bicyclic) bond motifs is 2. The van der Waals surface area contributed by atoms with E-state index in [0.29, 0.717) is 34.4 Å². The second-order valence-electron chi connectivity index (χ2n) is 5.62. The molecule has 122 valence electrons. The molecule has 7 heteroatoms. The normalized spacial score (nSPS) is 14.1. The van der Waals surface area contributed by atoms with Crippen molar-refractivity contribution in [3.8, 4) is 0 Å². The molecular weight excluding hydrogens is 348 g/mol. The summed E-state index contributed by atoms with van der Waals surface area (Å²) in [6.45, 7) is 0.359. The lowest BCUT2D eigenvalue weighted by molar-refractivity contribution is 0.593. The number of hydrogen-bond acceptors (Lipinski definition) is 3. The van der Waals surface area contributed by atoms with Gasteiger partial charge in [0.15, 0.2) is 0 Å². The molecule has 0 fully saturated rings. The van der Waals surface area contributed by atoms with E-state index in [1.807, 2.05) is 6.07 Å². The van der Waals surface area contributed by atoms with Crippen molar-refractivity contribution in [2.45, 2.75) is 11.3 Å². The number of H-pyrrole nitrogens is 1. The largest absolute Gasteiger partial charge is 0.329 e. The Bertz CT molecular complexity index is 1120. The second kappa shape index (κ2) is 5.36. The van der Waals surface area contributed by atoms with E-state index in [1.165, 1.54) is 16.6 Å². The quantitative estimate of drug-likeness (QED) is 0.763. The molecule has 0 saturated carbocycles. The minimum absolute atomic E-state index is 0.124. The highest BCUT2D eigenvalue weighted by atomic mass is 35.5. The highest BCUT2D eigenvalue weighted by Gasteiger charge is 2.32. The monoisotopic (exact) mass is 360 g/mol. The van der Waals surface area contributed by atoms with E-state index in [9.17, 15) is 13.2 Å². The summed E-state index contributed by atoms with van der Waals surface area (Å²) in [6, 6.07) is 11.6. The molecule has 0 spiro atoms. The van der Waals surface area contributed by atoms with Gasteiger partial charge in [0.05, 0.1) is 10.6 Å². The van der Waals surface area contributed by atoms with Gasteiger partial charge in [0.2, 0.25) is 0 Å². The zero-order chi connectivity index (χ0) is 16.9. The molecule has 3 aromatic rings. The van der Waals surface area contributed by atoms with Crippen molar-refractivity contribution in [1.82, 2.24) is 4.98 Å².